The minimum atomic E-state index is -1.62. The lowest BCUT2D eigenvalue weighted by Gasteiger charge is -2.13. The molecule has 4 N–H and O–H groups in total. The van der Waals surface area contributed by atoms with E-state index >= 15 is 0 Å². The van der Waals surface area contributed by atoms with Crippen molar-refractivity contribution in [3.05, 3.63) is 29.0 Å². The fraction of sp³-hybridized carbons (Fsp3) is 0.182. The summed E-state index contributed by atoms with van der Waals surface area (Å²) in [6.45, 7) is 0. The Labute approximate surface area is 117 Å². The number of hydrogen-bond donors (Lipinski definition) is 4. The van der Waals surface area contributed by atoms with Gasteiger partial charge in [-0.1, -0.05) is 11.6 Å². The zero-order valence-corrected chi connectivity index (χ0v) is 10.6. The minimum Gasteiger partial charge on any atom is -0.481 e. The van der Waals surface area contributed by atoms with Gasteiger partial charge in [-0.15, -0.1) is 0 Å². The highest BCUT2D eigenvalue weighted by molar-refractivity contribution is 6.30. The van der Waals surface area contributed by atoms with E-state index in [1.54, 1.807) is 0 Å². The molecule has 9 heteroatoms. The smallest absolute Gasteiger partial charge is 0.326 e. The van der Waals surface area contributed by atoms with Gasteiger partial charge >= 0.3 is 18.0 Å². The first-order valence-electron chi connectivity index (χ1n) is 5.26. The van der Waals surface area contributed by atoms with Gasteiger partial charge in [0.15, 0.2) is 0 Å². The van der Waals surface area contributed by atoms with Crippen LogP contribution in [0.15, 0.2) is 18.2 Å². The number of carboxylic acids is 2. The molecule has 20 heavy (non-hydrogen) atoms. The van der Waals surface area contributed by atoms with Gasteiger partial charge in [-0.3, -0.25) is 4.79 Å². The number of aliphatic carboxylic acids is 2. The van der Waals surface area contributed by atoms with Crippen LogP contribution < -0.4 is 10.6 Å². The van der Waals surface area contributed by atoms with Gasteiger partial charge in [-0.25, -0.2) is 14.0 Å². The number of hydrogen-bond acceptors (Lipinski definition) is 3. The van der Waals surface area contributed by atoms with E-state index in [1.807, 2.05) is 5.32 Å². The second-order valence-electron chi connectivity index (χ2n) is 3.71. The summed E-state index contributed by atoms with van der Waals surface area (Å²) in [5.74, 6) is -3.72. The summed E-state index contributed by atoms with van der Waals surface area (Å²) in [6.07, 6.45) is -0.800. The van der Waals surface area contributed by atoms with E-state index in [1.165, 1.54) is 12.1 Å². The maximum absolute atomic E-state index is 13.4. The lowest BCUT2D eigenvalue weighted by Crippen LogP contribution is -2.44. The summed E-state index contributed by atoms with van der Waals surface area (Å²) >= 11 is 5.53. The number of rotatable bonds is 5. The van der Waals surface area contributed by atoms with Crippen LogP contribution in [0, 0.1) is 5.82 Å². The first-order chi connectivity index (χ1) is 9.29. The quantitative estimate of drug-likeness (QED) is 0.658. The molecule has 1 rings (SSSR count). The molecule has 1 atom stereocenters. The molecule has 0 fully saturated rings. The van der Waals surface area contributed by atoms with Crippen molar-refractivity contribution in [2.24, 2.45) is 0 Å². The summed E-state index contributed by atoms with van der Waals surface area (Å²) in [4.78, 5) is 32.6. The van der Waals surface area contributed by atoms with E-state index < -0.39 is 36.2 Å². The van der Waals surface area contributed by atoms with Crippen LogP contribution in [-0.4, -0.2) is 34.2 Å². The predicted octanol–water partition coefficient (Wildman–Crippen LogP) is 1.53. The van der Waals surface area contributed by atoms with Gasteiger partial charge in [0.2, 0.25) is 0 Å². The summed E-state index contributed by atoms with van der Waals surface area (Å²) in [5, 5.41) is 21.3. The van der Waals surface area contributed by atoms with E-state index in [9.17, 15) is 18.8 Å². The molecule has 0 bridgehead atoms. The van der Waals surface area contributed by atoms with Gasteiger partial charge in [-0.05, 0) is 18.2 Å². The van der Waals surface area contributed by atoms with Crippen molar-refractivity contribution in [2.75, 3.05) is 5.32 Å². The highest BCUT2D eigenvalue weighted by Crippen LogP contribution is 2.18. The first-order valence-corrected chi connectivity index (χ1v) is 5.64. The van der Waals surface area contributed by atoms with Gasteiger partial charge < -0.3 is 20.8 Å². The lowest BCUT2D eigenvalue weighted by molar-refractivity contribution is -0.145. The van der Waals surface area contributed by atoms with Crippen molar-refractivity contribution < 1.29 is 29.0 Å². The molecule has 0 unspecified atom stereocenters. The fourth-order valence-electron chi connectivity index (χ4n) is 1.28. The molecule has 0 radical (unpaired) electrons. The predicted molar refractivity (Wildman–Crippen MR) is 67.2 cm³/mol. The molecule has 2 amide bonds. The zero-order chi connectivity index (χ0) is 15.3. The molecule has 0 spiro atoms. The van der Waals surface area contributed by atoms with Crippen molar-refractivity contribution in [1.29, 1.82) is 0 Å². The average molecular weight is 305 g/mol. The molecule has 0 aromatic heterocycles. The van der Waals surface area contributed by atoms with E-state index in [-0.39, 0.29) is 10.7 Å². The van der Waals surface area contributed by atoms with Gasteiger partial charge in [0.25, 0.3) is 0 Å². The number of halogens is 2. The Morgan fingerprint density at radius 3 is 2.45 bits per heavy atom. The van der Waals surface area contributed by atoms with Crippen LogP contribution in [0.3, 0.4) is 0 Å². The zero-order valence-electron chi connectivity index (χ0n) is 9.89. The van der Waals surface area contributed by atoms with Crippen molar-refractivity contribution in [1.82, 2.24) is 5.32 Å². The molecule has 0 saturated carbocycles. The number of benzene rings is 1. The number of carbonyl (C=O) groups excluding carboxylic acids is 1. The number of anilines is 1. The number of carbonyl (C=O) groups is 3. The molecule has 0 aliphatic carbocycles. The van der Waals surface area contributed by atoms with Crippen molar-refractivity contribution >= 4 is 35.3 Å². The molecule has 1 aromatic rings. The Morgan fingerprint density at radius 2 is 1.95 bits per heavy atom. The molecular weight excluding hydrogens is 295 g/mol. The third kappa shape index (κ3) is 4.73. The van der Waals surface area contributed by atoms with E-state index in [0.29, 0.717) is 0 Å². The van der Waals surface area contributed by atoms with Crippen LogP contribution in [0.25, 0.3) is 0 Å². The Balaban J connectivity index is 2.70. The maximum Gasteiger partial charge on any atom is 0.326 e. The molecule has 0 aliphatic rings. The topological polar surface area (TPSA) is 116 Å². The summed E-state index contributed by atoms with van der Waals surface area (Å²) < 4.78 is 13.4. The fourth-order valence-corrected chi connectivity index (χ4v) is 1.44. The van der Waals surface area contributed by atoms with E-state index in [4.69, 9.17) is 21.8 Å². The largest absolute Gasteiger partial charge is 0.481 e. The first kappa shape index (κ1) is 15.7. The number of urea groups is 1. The number of carboxylic acid groups (broad SMARTS) is 2. The molecule has 108 valence electrons. The molecule has 1 aromatic carbocycles. The lowest BCUT2D eigenvalue weighted by atomic mass is 10.2. The van der Waals surface area contributed by atoms with Crippen molar-refractivity contribution in [2.45, 2.75) is 12.5 Å². The molecule has 0 aliphatic heterocycles. The molecule has 0 heterocycles. The highest BCUT2D eigenvalue weighted by atomic mass is 35.5. The van der Waals surface area contributed by atoms with Crippen LogP contribution in [0.1, 0.15) is 6.42 Å². The Kier molecular flexibility index (Phi) is 5.27. The minimum absolute atomic E-state index is 0.128. The molecule has 0 saturated heterocycles. The summed E-state index contributed by atoms with van der Waals surface area (Å²) in [7, 11) is 0. The van der Waals surface area contributed by atoms with Crippen LogP contribution >= 0.6 is 11.6 Å². The Bertz CT molecular complexity index is 552. The van der Waals surface area contributed by atoms with Crippen LogP contribution in [0.5, 0.6) is 0 Å². The van der Waals surface area contributed by atoms with E-state index in [2.05, 4.69) is 5.32 Å². The van der Waals surface area contributed by atoms with E-state index in [0.717, 1.165) is 6.07 Å². The van der Waals surface area contributed by atoms with Crippen LogP contribution in [0.2, 0.25) is 5.02 Å². The standard InChI is InChI=1S/C11H10ClFN2O5/c12-5-1-2-7(6(13)3-5)14-11(20)15-8(10(18)19)4-9(16)17/h1-3,8H,4H2,(H,16,17)(H,18,19)(H2,14,15,20)/t8-/m0/s1. The monoisotopic (exact) mass is 304 g/mol. The highest BCUT2D eigenvalue weighted by Gasteiger charge is 2.23. The second-order valence-corrected chi connectivity index (χ2v) is 4.15. The molecule has 7 nitrogen and oxygen atoms in total. The Hall–Kier alpha value is -2.35. The molecular formula is C11H10ClFN2O5. The summed E-state index contributed by atoms with van der Waals surface area (Å²) in [6, 6.07) is 0.808. The van der Waals surface area contributed by atoms with Gasteiger partial charge in [0.05, 0.1) is 12.1 Å². The van der Waals surface area contributed by atoms with Gasteiger partial charge in [-0.2, -0.15) is 0 Å². The number of nitrogens with one attached hydrogen (secondary N) is 2. The van der Waals surface area contributed by atoms with Gasteiger partial charge in [0, 0.05) is 5.02 Å². The Morgan fingerprint density at radius 1 is 1.30 bits per heavy atom. The van der Waals surface area contributed by atoms with Gasteiger partial charge in [0.1, 0.15) is 11.9 Å². The SMILES string of the molecule is O=C(O)C[C@H](NC(=O)Nc1ccc(Cl)cc1F)C(=O)O. The third-order valence-electron chi connectivity index (χ3n) is 2.16. The van der Waals surface area contributed by atoms with Crippen LogP contribution in [-0.2, 0) is 9.59 Å². The maximum atomic E-state index is 13.4. The third-order valence-corrected chi connectivity index (χ3v) is 2.40. The summed E-state index contributed by atoms with van der Waals surface area (Å²) in [5.41, 5.74) is -0.216. The second kappa shape index (κ2) is 6.71. The van der Waals surface area contributed by atoms with Crippen molar-refractivity contribution in [3.63, 3.8) is 0 Å². The van der Waals surface area contributed by atoms with Crippen LogP contribution in [0.4, 0.5) is 14.9 Å². The number of amides is 2. The average Bonchev–Trinajstić information content (AvgIpc) is 2.31. The van der Waals surface area contributed by atoms with Crippen molar-refractivity contribution in [3.8, 4) is 0 Å². The normalized spacial score (nSPS) is 11.5.